The summed E-state index contributed by atoms with van der Waals surface area (Å²) in [5, 5.41) is 2.03. The Labute approximate surface area is 77.6 Å². The number of rotatable bonds is 2. The molecular formula is C7H9F3N2S. The summed E-state index contributed by atoms with van der Waals surface area (Å²) in [5.74, 6) is 0. The fourth-order valence-electron chi connectivity index (χ4n) is 0.879. The molecule has 0 saturated carbocycles. The molecule has 1 rings (SSSR count). The smallest absolute Gasteiger partial charge is 0.322 e. The van der Waals surface area contributed by atoms with Crippen molar-refractivity contribution < 1.29 is 13.2 Å². The molecule has 1 aromatic heterocycles. The molecule has 0 saturated heterocycles. The van der Waals surface area contributed by atoms with Crippen molar-refractivity contribution in [2.24, 2.45) is 5.73 Å². The minimum Gasteiger partial charge on any atom is -0.322 e. The summed E-state index contributed by atoms with van der Waals surface area (Å²) in [5.41, 5.74) is 6.03. The predicted octanol–water partition coefficient (Wildman–Crippen LogP) is 2.40. The lowest BCUT2D eigenvalue weighted by molar-refractivity contribution is -0.138. The van der Waals surface area contributed by atoms with E-state index in [-0.39, 0.29) is 0 Å². The third-order valence-corrected chi connectivity index (χ3v) is 2.50. The lowest BCUT2D eigenvalue weighted by atomic mass is 10.2. The fourth-order valence-corrected chi connectivity index (χ4v) is 1.68. The first kappa shape index (κ1) is 10.5. The van der Waals surface area contributed by atoms with Gasteiger partial charge in [0.05, 0.1) is 12.5 Å². The maximum atomic E-state index is 11.9. The predicted molar refractivity (Wildman–Crippen MR) is 44.5 cm³/mol. The highest BCUT2D eigenvalue weighted by Crippen LogP contribution is 2.29. The van der Waals surface area contributed by atoms with Crippen molar-refractivity contribution in [3.63, 3.8) is 0 Å². The van der Waals surface area contributed by atoms with Crippen molar-refractivity contribution in [1.29, 1.82) is 0 Å². The lowest BCUT2D eigenvalue weighted by Gasteiger charge is -2.10. The third kappa shape index (κ3) is 3.31. The van der Waals surface area contributed by atoms with E-state index in [9.17, 15) is 13.2 Å². The highest BCUT2D eigenvalue weighted by molar-refractivity contribution is 7.09. The molecule has 0 radical (unpaired) electrons. The first-order valence-corrected chi connectivity index (χ1v) is 4.51. The molecule has 0 aromatic carbocycles. The van der Waals surface area contributed by atoms with Crippen LogP contribution in [0, 0.1) is 6.92 Å². The summed E-state index contributed by atoms with van der Waals surface area (Å²) in [6.45, 7) is 1.72. The molecule has 13 heavy (non-hydrogen) atoms. The van der Waals surface area contributed by atoms with Gasteiger partial charge in [-0.3, -0.25) is 0 Å². The molecule has 6 heteroatoms. The number of hydrogen-bond donors (Lipinski definition) is 1. The Balaban J connectivity index is 2.64. The number of hydrogen-bond acceptors (Lipinski definition) is 3. The summed E-state index contributed by atoms with van der Waals surface area (Å²) < 4.78 is 35.7. The summed E-state index contributed by atoms with van der Waals surface area (Å²) >= 11 is 1.16. The molecule has 2 nitrogen and oxygen atoms in total. The van der Waals surface area contributed by atoms with Gasteiger partial charge >= 0.3 is 6.18 Å². The highest BCUT2D eigenvalue weighted by Gasteiger charge is 2.31. The SMILES string of the molecule is Cc1csc([C@H](N)CC(F)(F)F)n1. The molecule has 0 spiro atoms. The number of halogens is 3. The normalized spacial score (nSPS) is 14.5. The number of aromatic nitrogens is 1. The zero-order valence-corrected chi connectivity index (χ0v) is 7.75. The van der Waals surface area contributed by atoms with Crippen molar-refractivity contribution in [3.05, 3.63) is 16.1 Å². The van der Waals surface area contributed by atoms with Gasteiger partial charge in [-0.05, 0) is 6.92 Å². The number of nitrogens with two attached hydrogens (primary N) is 1. The van der Waals surface area contributed by atoms with Crippen LogP contribution in [0.25, 0.3) is 0 Å². The van der Waals surface area contributed by atoms with Crippen molar-refractivity contribution in [2.75, 3.05) is 0 Å². The van der Waals surface area contributed by atoms with Crippen LogP contribution in [0.15, 0.2) is 5.38 Å². The average molecular weight is 210 g/mol. The van der Waals surface area contributed by atoms with Crippen LogP contribution in [-0.4, -0.2) is 11.2 Å². The van der Waals surface area contributed by atoms with Crippen LogP contribution in [0.2, 0.25) is 0 Å². The number of nitrogens with zero attached hydrogens (tertiary/aromatic N) is 1. The molecule has 0 aliphatic carbocycles. The Morgan fingerprint density at radius 2 is 2.23 bits per heavy atom. The fraction of sp³-hybridized carbons (Fsp3) is 0.571. The van der Waals surface area contributed by atoms with Crippen molar-refractivity contribution in [1.82, 2.24) is 4.98 Å². The van der Waals surface area contributed by atoms with Gasteiger partial charge in [-0.2, -0.15) is 13.2 Å². The maximum absolute atomic E-state index is 11.9. The van der Waals surface area contributed by atoms with Gasteiger partial charge in [-0.1, -0.05) is 0 Å². The van der Waals surface area contributed by atoms with Crippen LogP contribution < -0.4 is 5.73 Å². The second-order valence-corrected chi connectivity index (χ2v) is 3.64. The first-order valence-electron chi connectivity index (χ1n) is 3.63. The molecule has 0 fully saturated rings. The number of thiazole rings is 1. The number of alkyl halides is 3. The first-order chi connectivity index (χ1) is 5.88. The van der Waals surface area contributed by atoms with E-state index < -0.39 is 18.6 Å². The van der Waals surface area contributed by atoms with E-state index in [0.717, 1.165) is 11.3 Å². The highest BCUT2D eigenvalue weighted by atomic mass is 32.1. The lowest BCUT2D eigenvalue weighted by Crippen LogP contribution is -2.20. The monoisotopic (exact) mass is 210 g/mol. The van der Waals surface area contributed by atoms with Crippen LogP contribution in [0.3, 0.4) is 0 Å². The Kier molecular flexibility index (Phi) is 2.92. The van der Waals surface area contributed by atoms with Gasteiger partial charge < -0.3 is 5.73 Å². The molecule has 0 unspecified atom stereocenters. The summed E-state index contributed by atoms with van der Waals surface area (Å²) in [4.78, 5) is 3.89. The van der Waals surface area contributed by atoms with E-state index in [1.54, 1.807) is 12.3 Å². The van der Waals surface area contributed by atoms with Crippen molar-refractivity contribution in [2.45, 2.75) is 25.6 Å². The molecule has 74 valence electrons. The Morgan fingerprint density at radius 1 is 1.62 bits per heavy atom. The molecule has 0 aliphatic rings. The van der Waals surface area contributed by atoms with Gasteiger partial charge in [-0.25, -0.2) is 4.98 Å². The molecule has 0 aliphatic heterocycles. The van der Waals surface area contributed by atoms with Gasteiger partial charge in [-0.15, -0.1) is 11.3 Å². The van der Waals surface area contributed by atoms with Crippen molar-refractivity contribution >= 4 is 11.3 Å². The maximum Gasteiger partial charge on any atom is 0.391 e. The second-order valence-electron chi connectivity index (χ2n) is 2.75. The molecule has 1 atom stereocenters. The van der Waals surface area contributed by atoms with Gasteiger partial charge in [0.15, 0.2) is 0 Å². The molecular weight excluding hydrogens is 201 g/mol. The Morgan fingerprint density at radius 3 is 2.62 bits per heavy atom. The van der Waals surface area contributed by atoms with Crippen LogP contribution in [0.4, 0.5) is 13.2 Å². The summed E-state index contributed by atoms with van der Waals surface area (Å²) in [6, 6.07) is -1.03. The molecule has 1 aromatic rings. The molecule has 2 N–H and O–H groups in total. The molecule has 1 heterocycles. The van der Waals surface area contributed by atoms with Crippen LogP contribution >= 0.6 is 11.3 Å². The van der Waals surface area contributed by atoms with Gasteiger partial charge in [0, 0.05) is 11.1 Å². The standard InChI is InChI=1S/C7H9F3N2S/c1-4-3-13-6(12-4)5(11)2-7(8,9)10/h3,5H,2,11H2,1H3/t5-/m1/s1. The van der Waals surface area contributed by atoms with Crippen LogP contribution in [-0.2, 0) is 0 Å². The van der Waals surface area contributed by atoms with Gasteiger partial charge in [0.2, 0.25) is 0 Å². The summed E-state index contributed by atoms with van der Waals surface area (Å²) in [6.07, 6.45) is -5.24. The van der Waals surface area contributed by atoms with E-state index >= 15 is 0 Å². The van der Waals surface area contributed by atoms with E-state index in [1.807, 2.05) is 0 Å². The van der Waals surface area contributed by atoms with E-state index in [2.05, 4.69) is 4.98 Å². The second kappa shape index (κ2) is 3.63. The van der Waals surface area contributed by atoms with Crippen LogP contribution in [0.1, 0.15) is 23.2 Å². The molecule has 0 amide bonds. The minimum atomic E-state index is -4.22. The zero-order valence-electron chi connectivity index (χ0n) is 6.93. The van der Waals surface area contributed by atoms with E-state index in [4.69, 9.17) is 5.73 Å². The Bertz CT molecular complexity index is 282. The van der Waals surface area contributed by atoms with Gasteiger partial charge in [0.1, 0.15) is 5.01 Å². The van der Waals surface area contributed by atoms with E-state index in [1.165, 1.54) is 0 Å². The van der Waals surface area contributed by atoms with Crippen LogP contribution in [0.5, 0.6) is 0 Å². The van der Waals surface area contributed by atoms with Crippen molar-refractivity contribution in [3.8, 4) is 0 Å². The van der Waals surface area contributed by atoms with Gasteiger partial charge in [0.25, 0.3) is 0 Å². The molecule has 0 bridgehead atoms. The number of aryl methyl sites for hydroxylation is 1. The largest absolute Gasteiger partial charge is 0.391 e. The topological polar surface area (TPSA) is 38.9 Å². The quantitative estimate of drug-likeness (QED) is 0.814. The third-order valence-electron chi connectivity index (χ3n) is 1.41. The summed E-state index contributed by atoms with van der Waals surface area (Å²) in [7, 11) is 0. The van der Waals surface area contributed by atoms with E-state index in [0.29, 0.717) is 10.7 Å². The average Bonchev–Trinajstić information content (AvgIpc) is 2.31. The minimum absolute atomic E-state index is 0.342. The zero-order chi connectivity index (χ0) is 10.1. The Hall–Kier alpha value is -0.620.